The van der Waals surface area contributed by atoms with Crippen molar-refractivity contribution >= 4 is 34.8 Å². The number of nitrogens with zero attached hydrogens (tertiary/aromatic N) is 3. The highest BCUT2D eigenvalue weighted by atomic mass is 35.5. The maximum absolute atomic E-state index is 6.04. The van der Waals surface area contributed by atoms with E-state index < -0.39 is 0 Å². The van der Waals surface area contributed by atoms with Crippen molar-refractivity contribution in [3.05, 3.63) is 33.7 Å². The van der Waals surface area contributed by atoms with Gasteiger partial charge in [0, 0.05) is 0 Å². The molecule has 0 saturated heterocycles. The number of hydrogen-bond acceptors (Lipinski definition) is 3. The third-order valence-electron chi connectivity index (χ3n) is 2.12. The predicted octanol–water partition coefficient (Wildman–Crippen LogP) is 4.02. The van der Waals surface area contributed by atoms with E-state index in [4.69, 9.17) is 39.5 Å². The van der Waals surface area contributed by atoms with E-state index in [9.17, 15) is 0 Å². The molecule has 0 radical (unpaired) electrons. The first-order chi connectivity index (χ1) is 8.61. The molecular weight excluding hydrogens is 297 g/mol. The Bertz CT molecular complexity index is 556. The number of ether oxygens (including phenoxy) is 1. The van der Waals surface area contributed by atoms with E-state index in [0.717, 1.165) is 6.42 Å². The molecule has 2 aromatic heterocycles. The van der Waals surface area contributed by atoms with Crippen molar-refractivity contribution in [1.82, 2.24) is 14.8 Å². The summed E-state index contributed by atoms with van der Waals surface area (Å²) in [6.07, 6.45) is 4.21. The van der Waals surface area contributed by atoms with Gasteiger partial charge in [0.15, 0.2) is 11.6 Å². The summed E-state index contributed by atoms with van der Waals surface area (Å²) in [4.78, 5) is 4.08. The van der Waals surface area contributed by atoms with Gasteiger partial charge in [0.2, 0.25) is 0 Å². The van der Waals surface area contributed by atoms with Gasteiger partial charge in [-0.25, -0.2) is 9.67 Å². The summed E-state index contributed by atoms with van der Waals surface area (Å²) in [6.45, 7) is 2.66. The average molecular weight is 307 g/mol. The van der Waals surface area contributed by atoms with Crippen LogP contribution in [-0.2, 0) is 0 Å². The molecule has 0 aliphatic heterocycles. The molecule has 0 bridgehead atoms. The molecule has 0 aliphatic rings. The van der Waals surface area contributed by atoms with Crippen molar-refractivity contribution < 1.29 is 4.74 Å². The van der Waals surface area contributed by atoms with Crippen LogP contribution < -0.4 is 4.74 Å². The van der Waals surface area contributed by atoms with Crippen LogP contribution in [0.4, 0.5) is 0 Å². The van der Waals surface area contributed by atoms with Crippen LogP contribution >= 0.6 is 34.8 Å². The Morgan fingerprint density at radius 1 is 1.28 bits per heavy atom. The van der Waals surface area contributed by atoms with Gasteiger partial charge in [-0.3, -0.25) is 0 Å². The van der Waals surface area contributed by atoms with Crippen LogP contribution in [0.2, 0.25) is 15.2 Å². The topological polar surface area (TPSA) is 39.9 Å². The van der Waals surface area contributed by atoms with Crippen molar-refractivity contribution in [3.8, 4) is 11.6 Å². The molecule has 0 aliphatic carbocycles. The van der Waals surface area contributed by atoms with Crippen LogP contribution in [0.5, 0.6) is 5.75 Å². The van der Waals surface area contributed by atoms with Crippen molar-refractivity contribution in [1.29, 1.82) is 0 Å². The van der Waals surface area contributed by atoms with Gasteiger partial charge >= 0.3 is 0 Å². The van der Waals surface area contributed by atoms with E-state index in [1.807, 2.05) is 6.92 Å². The van der Waals surface area contributed by atoms with E-state index in [1.165, 1.54) is 10.7 Å². The maximum Gasteiger partial charge on any atom is 0.173 e. The van der Waals surface area contributed by atoms with Gasteiger partial charge in [-0.1, -0.05) is 41.7 Å². The Hall–Kier alpha value is -0.970. The molecule has 0 aromatic carbocycles. The fourth-order valence-corrected chi connectivity index (χ4v) is 1.89. The minimum atomic E-state index is 0.183. The Morgan fingerprint density at radius 3 is 2.78 bits per heavy atom. The van der Waals surface area contributed by atoms with Crippen LogP contribution in [0, 0.1) is 0 Å². The second-order valence-electron chi connectivity index (χ2n) is 3.54. The summed E-state index contributed by atoms with van der Waals surface area (Å²) in [6, 6.07) is 1.53. The Labute approximate surface area is 119 Å². The lowest BCUT2D eigenvalue weighted by Gasteiger charge is -2.04. The van der Waals surface area contributed by atoms with E-state index in [2.05, 4.69) is 10.1 Å². The second-order valence-corrected chi connectivity index (χ2v) is 4.71. The lowest BCUT2D eigenvalue weighted by atomic mass is 10.4. The summed E-state index contributed by atoms with van der Waals surface area (Å²) in [5.41, 5.74) is 0. The van der Waals surface area contributed by atoms with Gasteiger partial charge in [-0.2, -0.15) is 5.10 Å². The molecule has 18 heavy (non-hydrogen) atoms. The molecule has 96 valence electrons. The molecule has 2 heterocycles. The highest BCUT2D eigenvalue weighted by Crippen LogP contribution is 2.28. The van der Waals surface area contributed by atoms with Gasteiger partial charge in [0.1, 0.15) is 5.15 Å². The second kappa shape index (κ2) is 5.78. The minimum Gasteiger partial charge on any atom is -0.490 e. The summed E-state index contributed by atoms with van der Waals surface area (Å²) >= 11 is 17.7. The van der Waals surface area contributed by atoms with Crippen LogP contribution in [0.15, 0.2) is 18.5 Å². The predicted molar refractivity (Wildman–Crippen MR) is 72.2 cm³/mol. The quantitative estimate of drug-likeness (QED) is 0.801. The van der Waals surface area contributed by atoms with E-state index >= 15 is 0 Å². The molecule has 0 atom stereocenters. The van der Waals surface area contributed by atoms with E-state index in [1.54, 1.807) is 12.4 Å². The maximum atomic E-state index is 6.04. The zero-order valence-corrected chi connectivity index (χ0v) is 11.8. The molecule has 2 aromatic rings. The first-order valence-electron chi connectivity index (χ1n) is 5.31. The third-order valence-corrected chi connectivity index (χ3v) is 3.07. The SMILES string of the molecule is CCCOc1cnn(-c2nc(Cl)c(Cl)cc2Cl)c1. The van der Waals surface area contributed by atoms with Gasteiger partial charge in [0.05, 0.1) is 29.0 Å². The van der Waals surface area contributed by atoms with Crippen LogP contribution in [-0.4, -0.2) is 21.4 Å². The molecule has 4 nitrogen and oxygen atoms in total. The first-order valence-corrected chi connectivity index (χ1v) is 6.44. The first kappa shape index (κ1) is 13.5. The molecular formula is C11H10Cl3N3O. The lowest BCUT2D eigenvalue weighted by molar-refractivity contribution is 0.317. The molecule has 0 N–H and O–H groups in total. The van der Waals surface area contributed by atoms with Crippen LogP contribution in [0.25, 0.3) is 5.82 Å². The smallest absolute Gasteiger partial charge is 0.173 e. The standard InChI is InChI=1S/C11H10Cl3N3O/c1-2-3-18-7-5-15-17(6-7)11-9(13)4-8(12)10(14)16-11/h4-6H,2-3H2,1H3. The number of aromatic nitrogens is 3. The zero-order chi connectivity index (χ0) is 13.1. The minimum absolute atomic E-state index is 0.183. The van der Waals surface area contributed by atoms with Crippen molar-refractivity contribution in [2.45, 2.75) is 13.3 Å². The fourth-order valence-electron chi connectivity index (χ4n) is 1.31. The fraction of sp³-hybridized carbons (Fsp3) is 0.273. The molecule has 0 fully saturated rings. The number of hydrogen-bond donors (Lipinski definition) is 0. The average Bonchev–Trinajstić information content (AvgIpc) is 2.79. The number of pyridine rings is 1. The number of rotatable bonds is 4. The van der Waals surface area contributed by atoms with E-state index in [-0.39, 0.29) is 5.15 Å². The highest BCUT2D eigenvalue weighted by Gasteiger charge is 2.11. The Morgan fingerprint density at radius 2 is 2.06 bits per heavy atom. The highest BCUT2D eigenvalue weighted by molar-refractivity contribution is 6.42. The van der Waals surface area contributed by atoms with Gasteiger partial charge in [0.25, 0.3) is 0 Å². The summed E-state index contributed by atoms with van der Waals surface area (Å²) in [7, 11) is 0. The zero-order valence-electron chi connectivity index (χ0n) is 9.53. The monoisotopic (exact) mass is 305 g/mol. The molecule has 0 amide bonds. The summed E-state index contributed by atoms with van der Waals surface area (Å²) in [5.74, 6) is 1.07. The van der Waals surface area contributed by atoms with Crippen molar-refractivity contribution in [3.63, 3.8) is 0 Å². The van der Waals surface area contributed by atoms with E-state index in [0.29, 0.717) is 28.2 Å². The van der Waals surface area contributed by atoms with Gasteiger partial charge in [-0.15, -0.1) is 0 Å². The van der Waals surface area contributed by atoms with Crippen molar-refractivity contribution in [2.75, 3.05) is 6.61 Å². The normalized spacial score (nSPS) is 10.7. The lowest BCUT2D eigenvalue weighted by Crippen LogP contribution is -1.99. The third kappa shape index (κ3) is 2.88. The van der Waals surface area contributed by atoms with Crippen molar-refractivity contribution in [2.24, 2.45) is 0 Å². The Kier molecular flexibility index (Phi) is 4.32. The van der Waals surface area contributed by atoms with Crippen LogP contribution in [0.1, 0.15) is 13.3 Å². The van der Waals surface area contributed by atoms with Gasteiger partial charge in [-0.05, 0) is 12.5 Å². The number of halogens is 3. The van der Waals surface area contributed by atoms with Crippen LogP contribution in [0.3, 0.4) is 0 Å². The van der Waals surface area contributed by atoms with Gasteiger partial charge < -0.3 is 4.74 Å². The summed E-state index contributed by atoms with van der Waals surface area (Å²) in [5, 5.41) is 4.97. The largest absolute Gasteiger partial charge is 0.490 e. The summed E-state index contributed by atoms with van der Waals surface area (Å²) < 4.78 is 6.93. The molecule has 7 heteroatoms. The molecule has 0 unspecified atom stereocenters. The molecule has 0 saturated carbocycles. The Balaban J connectivity index is 2.31. The molecule has 2 rings (SSSR count). The molecule has 0 spiro atoms.